The van der Waals surface area contributed by atoms with Gasteiger partial charge in [0.2, 0.25) is 0 Å². The Hall–Kier alpha value is -1.55. The Morgan fingerprint density at radius 2 is 1.95 bits per heavy atom. The second kappa shape index (κ2) is 6.57. The molecule has 0 fully saturated rings. The molecule has 0 aliphatic rings. The van der Waals surface area contributed by atoms with Gasteiger partial charge in [-0.3, -0.25) is 4.79 Å². The number of hydrogen-bond acceptors (Lipinski definition) is 3. The summed E-state index contributed by atoms with van der Waals surface area (Å²) in [6.45, 7) is 7.50. The van der Waals surface area contributed by atoms with E-state index >= 15 is 0 Å². The standard InChI is InChI=1S/C15H23NO3/c1-11-5-7-13(8-6-11)19-12(2)14(18)16-15(3,4)9-10-17/h5-8,12,17H,9-10H2,1-4H3,(H,16,18). The normalized spacial score (nSPS) is 12.9. The maximum atomic E-state index is 12.0. The average Bonchev–Trinajstić information content (AvgIpc) is 2.31. The van der Waals surface area contributed by atoms with E-state index in [1.165, 1.54) is 0 Å². The summed E-state index contributed by atoms with van der Waals surface area (Å²) >= 11 is 0. The Labute approximate surface area is 114 Å². The number of aliphatic hydroxyl groups is 1. The first-order valence-electron chi connectivity index (χ1n) is 6.50. The van der Waals surface area contributed by atoms with Gasteiger partial charge in [0.1, 0.15) is 5.75 Å². The van der Waals surface area contributed by atoms with Crippen molar-refractivity contribution in [3.63, 3.8) is 0 Å². The van der Waals surface area contributed by atoms with Crippen LogP contribution < -0.4 is 10.1 Å². The number of aliphatic hydroxyl groups excluding tert-OH is 1. The largest absolute Gasteiger partial charge is 0.481 e. The van der Waals surface area contributed by atoms with Crippen molar-refractivity contribution in [3.8, 4) is 5.75 Å². The molecular formula is C15H23NO3. The molecule has 0 aliphatic heterocycles. The number of carbonyl (C=O) groups excluding carboxylic acids is 1. The summed E-state index contributed by atoms with van der Waals surface area (Å²) in [5.41, 5.74) is 0.713. The highest BCUT2D eigenvalue weighted by atomic mass is 16.5. The van der Waals surface area contributed by atoms with E-state index in [-0.39, 0.29) is 12.5 Å². The zero-order valence-corrected chi connectivity index (χ0v) is 12.1. The van der Waals surface area contributed by atoms with E-state index < -0.39 is 11.6 Å². The fraction of sp³-hybridized carbons (Fsp3) is 0.533. The lowest BCUT2D eigenvalue weighted by Gasteiger charge is -2.27. The van der Waals surface area contributed by atoms with E-state index in [4.69, 9.17) is 9.84 Å². The van der Waals surface area contributed by atoms with Crippen LogP contribution in [0.3, 0.4) is 0 Å². The summed E-state index contributed by atoms with van der Waals surface area (Å²) < 4.78 is 5.58. The highest BCUT2D eigenvalue weighted by Gasteiger charge is 2.23. The maximum Gasteiger partial charge on any atom is 0.261 e. The molecule has 0 spiro atoms. The van der Waals surface area contributed by atoms with Crippen molar-refractivity contribution in [2.75, 3.05) is 6.61 Å². The molecule has 1 unspecified atom stereocenters. The molecule has 4 nitrogen and oxygen atoms in total. The van der Waals surface area contributed by atoms with Crippen LogP contribution in [-0.2, 0) is 4.79 Å². The molecule has 0 saturated carbocycles. The van der Waals surface area contributed by atoms with Crippen molar-refractivity contribution in [2.45, 2.75) is 45.8 Å². The third-order valence-electron chi connectivity index (χ3n) is 2.90. The van der Waals surface area contributed by atoms with Crippen molar-refractivity contribution in [3.05, 3.63) is 29.8 Å². The number of amides is 1. The lowest BCUT2D eigenvalue weighted by Crippen LogP contribution is -2.49. The fourth-order valence-electron chi connectivity index (χ4n) is 1.65. The number of benzene rings is 1. The van der Waals surface area contributed by atoms with Gasteiger partial charge < -0.3 is 15.2 Å². The van der Waals surface area contributed by atoms with Crippen molar-refractivity contribution in [2.24, 2.45) is 0 Å². The minimum Gasteiger partial charge on any atom is -0.481 e. The summed E-state index contributed by atoms with van der Waals surface area (Å²) in [6.07, 6.45) is -0.0589. The molecule has 0 saturated heterocycles. The molecule has 0 aliphatic carbocycles. The van der Waals surface area contributed by atoms with Gasteiger partial charge in [-0.25, -0.2) is 0 Å². The SMILES string of the molecule is Cc1ccc(OC(C)C(=O)NC(C)(C)CCO)cc1. The predicted molar refractivity (Wildman–Crippen MR) is 75.2 cm³/mol. The quantitative estimate of drug-likeness (QED) is 0.827. The van der Waals surface area contributed by atoms with Gasteiger partial charge in [0, 0.05) is 12.1 Å². The Morgan fingerprint density at radius 1 is 1.37 bits per heavy atom. The molecular weight excluding hydrogens is 242 g/mol. The molecule has 1 aromatic carbocycles. The zero-order chi connectivity index (χ0) is 14.5. The highest BCUT2D eigenvalue weighted by Crippen LogP contribution is 2.14. The van der Waals surface area contributed by atoms with Crippen LogP contribution in [0.15, 0.2) is 24.3 Å². The molecule has 1 amide bonds. The van der Waals surface area contributed by atoms with E-state index in [1.807, 2.05) is 45.0 Å². The summed E-state index contributed by atoms with van der Waals surface area (Å²) in [7, 11) is 0. The smallest absolute Gasteiger partial charge is 0.261 e. The molecule has 2 N–H and O–H groups in total. The number of carbonyl (C=O) groups is 1. The highest BCUT2D eigenvalue weighted by molar-refractivity contribution is 5.81. The van der Waals surface area contributed by atoms with E-state index in [9.17, 15) is 4.79 Å². The fourth-order valence-corrected chi connectivity index (χ4v) is 1.65. The van der Waals surface area contributed by atoms with Crippen molar-refractivity contribution < 1.29 is 14.6 Å². The predicted octanol–water partition coefficient (Wildman–Crippen LogP) is 2.04. The maximum absolute atomic E-state index is 12.0. The molecule has 0 bridgehead atoms. The van der Waals surface area contributed by atoms with Gasteiger partial charge in [-0.05, 0) is 46.2 Å². The van der Waals surface area contributed by atoms with Crippen LogP contribution in [0, 0.1) is 6.92 Å². The molecule has 0 radical (unpaired) electrons. The molecule has 1 aromatic rings. The van der Waals surface area contributed by atoms with E-state index in [0.717, 1.165) is 5.56 Å². The van der Waals surface area contributed by atoms with Crippen LogP contribution in [0.25, 0.3) is 0 Å². The Morgan fingerprint density at radius 3 is 2.47 bits per heavy atom. The third kappa shape index (κ3) is 5.30. The molecule has 4 heteroatoms. The third-order valence-corrected chi connectivity index (χ3v) is 2.90. The average molecular weight is 265 g/mol. The summed E-state index contributed by atoms with van der Waals surface area (Å²) in [5, 5.41) is 11.8. The zero-order valence-electron chi connectivity index (χ0n) is 12.1. The van der Waals surface area contributed by atoms with Crippen molar-refractivity contribution in [1.29, 1.82) is 0 Å². The van der Waals surface area contributed by atoms with Crippen LogP contribution in [0.5, 0.6) is 5.75 Å². The topological polar surface area (TPSA) is 58.6 Å². The number of nitrogens with one attached hydrogen (secondary N) is 1. The van der Waals surface area contributed by atoms with Crippen LogP contribution >= 0.6 is 0 Å². The monoisotopic (exact) mass is 265 g/mol. The van der Waals surface area contributed by atoms with Crippen LogP contribution in [0.1, 0.15) is 32.8 Å². The molecule has 0 heterocycles. The Bertz CT molecular complexity index is 412. The number of ether oxygens (including phenoxy) is 1. The van der Waals surface area contributed by atoms with E-state index in [1.54, 1.807) is 6.92 Å². The van der Waals surface area contributed by atoms with Gasteiger partial charge >= 0.3 is 0 Å². The molecule has 1 rings (SSSR count). The first-order valence-corrected chi connectivity index (χ1v) is 6.50. The van der Waals surface area contributed by atoms with Gasteiger partial charge in [0.05, 0.1) is 0 Å². The summed E-state index contributed by atoms with van der Waals surface area (Å²) in [5.74, 6) is 0.493. The second-order valence-corrected chi connectivity index (χ2v) is 5.42. The van der Waals surface area contributed by atoms with Crippen LogP contribution in [-0.4, -0.2) is 29.3 Å². The van der Waals surface area contributed by atoms with Gasteiger partial charge in [-0.2, -0.15) is 0 Å². The van der Waals surface area contributed by atoms with Crippen LogP contribution in [0.2, 0.25) is 0 Å². The molecule has 0 aromatic heterocycles. The van der Waals surface area contributed by atoms with Gasteiger partial charge in [0.15, 0.2) is 6.10 Å². The second-order valence-electron chi connectivity index (χ2n) is 5.42. The minimum atomic E-state index is -0.569. The number of rotatable bonds is 6. The Kier molecular flexibility index (Phi) is 5.36. The first kappa shape index (κ1) is 15.5. The summed E-state index contributed by atoms with van der Waals surface area (Å²) in [6, 6.07) is 7.57. The van der Waals surface area contributed by atoms with Crippen LogP contribution in [0.4, 0.5) is 0 Å². The van der Waals surface area contributed by atoms with Crippen molar-refractivity contribution >= 4 is 5.91 Å². The Balaban J connectivity index is 2.55. The molecule has 106 valence electrons. The van der Waals surface area contributed by atoms with Gasteiger partial charge in [-0.15, -0.1) is 0 Å². The first-order chi connectivity index (χ1) is 8.84. The lowest BCUT2D eigenvalue weighted by atomic mass is 10.0. The molecule has 19 heavy (non-hydrogen) atoms. The lowest BCUT2D eigenvalue weighted by molar-refractivity contribution is -0.129. The van der Waals surface area contributed by atoms with Crippen molar-refractivity contribution in [1.82, 2.24) is 5.32 Å². The number of aryl methyl sites for hydroxylation is 1. The molecule has 1 atom stereocenters. The summed E-state index contributed by atoms with van der Waals surface area (Å²) in [4.78, 5) is 12.0. The minimum absolute atomic E-state index is 0.0421. The van der Waals surface area contributed by atoms with Gasteiger partial charge in [-0.1, -0.05) is 17.7 Å². The van der Waals surface area contributed by atoms with E-state index in [0.29, 0.717) is 12.2 Å². The number of hydrogen-bond donors (Lipinski definition) is 2. The van der Waals surface area contributed by atoms with Gasteiger partial charge in [0.25, 0.3) is 5.91 Å². The van der Waals surface area contributed by atoms with E-state index in [2.05, 4.69) is 5.32 Å².